The molecule has 50 heavy (non-hydrogen) atoms. The smallest absolute Gasteiger partial charge is 0.230 e. The maximum atomic E-state index is 7.34. The summed E-state index contributed by atoms with van der Waals surface area (Å²) < 4.78 is 0. The van der Waals surface area contributed by atoms with E-state index in [0.29, 0.717) is 12.2 Å². The summed E-state index contributed by atoms with van der Waals surface area (Å²) in [5.74, 6) is 2.56. The maximum Gasteiger partial charge on any atom is 0.230 e. The number of aryl methyl sites for hydroxylation is 1. The minimum absolute atomic E-state index is 0.170. The van der Waals surface area contributed by atoms with Crippen molar-refractivity contribution in [3.63, 3.8) is 0 Å². The molecule has 4 atom stereocenters. The lowest BCUT2D eigenvalue weighted by Gasteiger charge is -2.63. The van der Waals surface area contributed by atoms with Crippen molar-refractivity contribution in [2.45, 2.75) is 231 Å². The van der Waals surface area contributed by atoms with Gasteiger partial charge in [0.25, 0.3) is 0 Å². The molecule has 3 aliphatic heterocycles. The van der Waals surface area contributed by atoms with Gasteiger partial charge in [-0.25, -0.2) is 0 Å². The zero-order chi connectivity index (χ0) is 35.7. The molecule has 2 saturated heterocycles. The van der Waals surface area contributed by atoms with Crippen molar-refractivity contribution in [2.24, 2.45) is 0 Å². The van der Waals surface area contributed by atoms with Crippen LogP contribution in [0.25, 0.3) is 0 Å². The van der Waals surface area contributed by atoms with Gasteiger partial charge in [0.1, 0.15) is 5.82 Å². The second-order valence-electron chi connectivity index (χ2n) is 18.8. The van der Waals surface area contributed by atoms with E-state index in [4.69, 9.17) is 24.6 Å². The van der Waals surface area contributed by atoms with Crippen LogP contribution in [0, 0.1) is 6.92 Å². The Bertz CT molecular complexity index is 1170. The molecule has 0 N–H and O–H groups in total. The van der Waals surface area contributed by atoms with Gasteiger partial charge in [0, 0.05) is 47.3 Å². The van der Waals surface area contributed by atoms with Crippen molar-refractivity contribution in [2.75, 3.05) is 22.9 Å². The van der Waals surface area contributed by atoms with Crippen LogP contribution in [0.1, 0.15) is 183 Å². The van der Waals surface area contributed by atoms with Crippen molar-refractivity contribution in [1.82, 2.24) is 25.1 Å². The van der Waals surface area contributed by atoms with Gasteiger partial charge in [-0.15, -0.1) is 0 Å². The second-order valence-corrected chi connectivity index (χ2v) is 18.8. The molecule has 1 aromatic heterocycles. The predicted octanol–water partition coefficient (Wildman–Crippen LogP) is 9.33. The monoisotopic (exact) mass is 696 g/mol. The van der Waals surface area contributed by atoms with Crippen molar-refractivity contribution in [3.05, 3.63) is 5.82 Å². The molecule has 2 aliphatic carbocycles. The number of unbranched alkanes of at least 4 members (excludes halogenated alkanes) is 2. The summed E-state index contributed by atoms with van der Waals surface area (Å²) in [6.07, 6.45) is 22.5. The van der Waals surface area contributed by atoms with E-state index in [-0.39, 0.29) is 34.2 Å². The first kappa shape index (κ1) is 38.2. The molecule has 284 valence electrons. The van der Waals surface area contributed by atoms with Crippen LogP contribution in [-0.2, 0) is 9.68 Å². The molecule has 0 amide bonds. The summed E-state index contributed by atoms with van der Waals surface area (Å²) in [6, 6.07) is 0.573. The number of piperidine rings is 2. The summed E-state index contributed by atoms with van der Waals surface area (Å²) in [6.45, 7) is 23.4. The first-order chi connectivity index (χ1) is 23.8. The number of rotatable bonds is 10. The quantitative estimate of drug-likeness (QED) is 0.238. The number of fused-ring (bicyclic) bond motifs is 6. The number of aromatic nitrogens is 3. The number of anilines is 2. The van der Waals surface area contributed by atoms with Crippen LogP contribution in [0.5, 0.6) is 0 Å². The van der Waals surface area contributed by atoms with Gasteiger partial charge < -0.3 is 9.80 Å². The molecule has 9 heteroatoms. The standard InChI is InChI=1S/C41H73N7O2/c1-10-12-24-45-32-26-38(4,5)47(49-34-20-16-14-17-21-34)40(8,28-32)30-41(9)29-33(27-39(6,7)48(41)50-35-22-18-15-19-23-35)46(25-13-11-2)37-43-31(3)42-36(45)44-37/h32-35H,10-30H2,1-9H3. The summed E-state index contributed by atoms with van der Waals surface area (Å²) in [7, 11) is 0. The van der Waals surface area contributed by atoms with E-state index in [1.54, 1.807) is 0 Å². The van der Waals surface area contributed by atoms with Gasteiger partial charge in [0.05, 0.1) is 12.2 Å². The fraction of sp³-hybridized carbons (Fsp3) is 0.927. The second kappa shape index (κ2) is 15.4. The molecule has 9 nitrogen and oxygen atoms in total. The summed E-state index contributed by atoms with van der Waals surface area (Å²) in [4.78, 5) is 35.5. The van der Waals surface area contributed by atoms with Gasteiger partial charge in [-0.2, -0.15) is 25.1 Å². The fourth-order valence-electron chi connectivity index (χ4n) is 11.1. The van der Waals surface area contributed by atoms with Crippen molar-refractivity contribution < 1.29 is 9.68 Å². The minimum Gasteiger partial charge on any atom is -0.338 e. The molecule has 4 fully saturated rings. The number of hydroxylamine groups is 4. The van der Waals surface area contributed by atoms with Crippen LogP contribution >= 0.6 is 0 Å². The van der Waals surface area contributed by atoms with Crippen LogP contribution in [0.4, 0.5) is 11.9 Å². The number of nitrogens with zero attached hydrogens (tertiary/aromatic N) is 7. The zero-order valence-electron chi connectivity index (χ0n) is 33.6. The first-order valence-electron chi connectivity index (χ1n) is 21.0. The minimum atomic E-state index is -0.229. The lowest BCUT2D eigenvalue weighted by Crippen LogP contribution is -2.72. The zero-order valence-corrected chi connectivity index (χ0v) is 33.6. The largest absolute Gasteiger partial charge is 0.338 e. The highest BCUT2D eigenvalue weighted by atomic mass is 16.7. The SMILES string of the molecule is CCCCN1c2nc(C)nc(n2)N(CCCC)C2CC(C)(C)N(OC3CCCCC3)C(C)(C2)CC2(C)CC1CC(C)(C)N2OC1CCCCC1. The Balaban J connectivity index is 1.51. The summed E-state index contributed by atoms with van der Waals surface area (Å²) in [5, 5.41) is 5.08. The van der Waals surface area contributed by atoms with Gasteiger partial charge in [0.15, 0.2) is 0 Å². The molecule has 0 spiro atoms. The Hall–Kier alpha value is -1.55. The predicted molar refractivity (Wildman–Crippen MR) is 204 cm³/mol. The van der Waals surface area contributed by atoms with E-state index in [2.05, 4.69) is 82.2 Å². The van der Waals surface area contributed by atoms with Crippen molar-refractivity contribution in [1.29, 1.82) is 0 Å². The fourth-order valence-corrected chi connectivity index (χ4v) is 11.1. The van der Waals surface area contributed by atoms with Crippen LogP contribution in [0.3, 0.4) is 0 Å². The molecule has 6 bridgehead atoms. The summed E-state index contributed by atoms with van der Waals surface area (Å²) in [5.41, 5.74) is -0.797. The summed E-state index contributed by atoms with van der Waals surface area (Å²) >= 11 is 0. The Kier molecular flexibility index (Phi) is 11.8. The molecule has 4 heterocycles. The molecule has 2 saturated carbocycles. The number of hydrogen-bond donors (Lipinski definition) is 0. The average molecular weight is 696 g/mol. The van der Waals surface area contributed by atoms with Gasteiger partial charge in [-0.05, 0) is 119 Å². The Morgan fingerprint density at radius 3 is 1.36 bits per heavy atom. The lowest BCUT2D eigenvalue weighted by molar-refractivity contribution is -0.345. The van der Waals surface area contributed by atoms with Crippen LogP contribution in [0.15, 0.2) is 0 Å². The average Bonchev–Trinajstić information content (AvgIpc) is 3.05. The van der Waals surface area contributed by atoms with Gasteiger partial charge >= 0.3 is 0 Å². The van der Waals surface area contributed by atoms with E-state index in [0.717, 1.165) is 114 Å². The Morgan fingerprint density at radius 2 is 0.980 bits per heavy atom. The third-order valence-electron chi connectivity index (χ3n) is 12.9. The highest BCUT2D eigenvalue weighted by Crippen LogP contribution is 2.52. The van der Waals surface area contributed by atoms with Crippen molar-refractivity contribution in [3.8, 4) is 0 Å². The maximum absolute atomic E-state index is 7.34. The highest BCUT2D eigenvalue weighted by Gasteiger charge is 2.59. The Morgan fingerprint density at radius 1 is 0.580 bits per heavy atom. The lowest BCUT2D eigenvalue weighted by atomic mass is 9.67. The van der Waals surface area contributed by atoms with Gasteiger partial charge in [-0.1, -0.05) is 65.2 Å². The van der Waals surface area contributed by atoms with Gasteiger partial charge in [0.2, 0.25) is 11.9 Å². The molecular weight excluding hydrogens is 622 g/mol. The molecule has 6 rings (SSSR count). The van der Waals surface area contributed by atoms with E-state index < -0.39 is 0 Å². The van der Waals surface area contributed by atoms with Crippen LogP contribution in [-0.4, -0.2) is 84.6 Å². The number of hydrogen-bond acceptors (Lipinski definition) is 9. The molecule has 0 radical (unpaired) electrons. The van der Waals surface area contributed by atoms with E-state index in [9.17, 15) is 0 Å². The van der Waals surface area contributed by atoms with Crippen LogP contribution in [0.2, 0.25) is 0 Å². The van der Waals surface area contributed by atoms with E-state index in [1.807, 2.05) is 0 Å². The molecule has 4 unspecified atom stereocenters. The third kappa shape index (κ3) is 8.16. The molecule has 0 aromatic carbocycles. The topological polar surface area (TPSA) is 70.1 Å². The molecule has 5 aliphatic rings. The normalized spacial score (nSPS) is 32.8. The third-order valence-corrected chi connectivity index (χ3v) is 12.9. The Labute approximate surface area is 305 Å². The van der Waals surface area contributed by atoms with Crippen LogP contribution < -0.4 is 9.80 Å². The van der Waals surface area contributed by atoms with Gasteiger partial charge in [-0.3, -0.25) is 9.68 Å². The van der Waals surface area contributed by atoms with Crippen molar-refractivity contribution >= 4 is 11.9 Å². The molecular formula is C41H73N7O2. The highest BCUT2D eigenvalue weighted by molar-refractivity contribution is 5.42. The van der Waals surface area contributed by atoms with E-state index >= 15 is 0 Å². The first-order valence-corrected chi connectivity index (χ1v) is 21.0. The van der Waals surface area contributed by atoms with E-state index in [1.165, 1.54) is 38.5 Å². The molecule has 1 aromatic rings.